The maximum Gasteiger partial charge on any atom is 0.191 e. The van der Waals surface area contributed by atoms with Crippen LogP contribution in [0.15, 0.2) is 17.6 Å². The fourth-order valence-corrected chi connectivity index (χ4v) is 2.81. The van der Waals surface area contributed by atoms with E-state index in [1.54, 1.807) is 0 Å². The normalized spacial score (nSPS) is 18.9. The van der Waals surface area contributed by atoms with E-state index < -0.39 is 0 Å². The van der Waals surface area contributed by atoms with E-state index in [1.807, 2.05) is 13.1 Å². The van der Waals surface area contributed by atoms with Crippen molar-refractivity contribution >= 4 is 29.9 Å². The second-order valence-corrected chi connectivity index (χ2v) is 5.63. The number of rotatable bonds is 5. The van der Waals surface area contributed by atoms with Gasteiger partial charge in [0.05, 0.1) is 0 Å². The standard InChI is InChI=1S/C15H30N4.HI/c1-5-12-17-14(16-2)18-13-15(19(3)4)10-8-6-7-9-11-15;/h5H,1,6-13H2,2-4H3,(H2,16,17,18);1H. The molecule has 0 aromatic carbocycles. The van der Waals surface area contributed by atoms with Crippen LogP contribution in [0.3, 0.4) is 0 Å². The van der Waals surface area contributed by atoms with Gasteiger partial charge in [0.15, 0.2) is 5.96 Å². The molecule has 0 saturated heterocycles. The highest BCUT2D eigenvalue weighted by Gasteiger charge is 2.33. The molecule has 4 nitrogen and oxygen atoms in total. The minimum absolute atomic E-state index is 0. The quantitative estimate of drug-likeness (QED) is 0.248. The molecule has 0 aromatic rings. The molecule has 0 amide bonds. The first-order valence-corrected chi connectivity index (χ1v) is 7.37. The van der Waals surface area contributed by atoms with Crippen molar-refractivity contribution in [2.45, 2.75) is 44.1 Å². The summed E-state index contributed by atoms with van der Waals surface area (Å²) in [5.41, 5.74) is 0.266. The molecule has 0 aliphatic heterocycles. The Morgan fingerprint density at radius 3 is 2.25 bits per heavy atom. The molecule has 1 saturated carbocycles. The summed E-state index contributed by atoms with van der Waals surface area (Å²) in [6.07, 6.45) is 9.80. The summed E-state index contributed by atoms with van der Waals surface area (Å²) < 4.78 is 0. The van der Waals surface area contributed by atoms with Crippen molar-refractivity contribution in [3.05, 3.63) is 12.7 Å². The van der Waals surface area contributed by atoms with Crippen LogP contribution in [0.25, 0.3) is 0 Å². The number of likely N-dealkylation sites (N-methyl/N-ethyl adjacent to an activating group) is 1. The van der Waals surface area contributed by atoms with E-state index in [1.165, 1.54) is 38.5 Å². The molecule has 1 rings (SSSR count). The monoisotopic (exact) mass is 394 g/mol. The van der Waals surface area contributed by atoms with E-state index in [0.717, 1.165) is 19.0 Å². The fourth-order valence-electron chi connectivity index (χ4n) is 2.81. The van der Waals surface area contributed by atoms with Crippen molar-refractivity contribution in [1.29, 1.82) is 0 Å². The molecule has 0 bridgehead atoms. The van der Waals surface area contributed by atoms with E-state index in [-0.39, 0.29) is 29.5 Å². The van der Waals surface area contributed by atoms with E-state index in [9.17, 15) is 0 Å². The third-order valence-corrected chi connectivity index (χ3v) is 4.21. The lowest BCUT2D eigenvalue weighted by molar-refractivity contribution is 0.132. The van der Waals surface area contributed by atoms with Gasteiger partial charge >= 0.3 is 0 Å². The lowest BCUT2D eigenvalue weighted by Gasteiger charge is -2.40. The minimum atomic E-state index is 0. The van der Waals surface area contributed by atoms with Gasteiger partial charge in [-0.2, -0.15) is 0 Å². The number of halogens is 1. The van der Waals surface area contributed by atoms with Crippen molar-refractivity contribution in [3.8, 4) is 0 Å². The summed E-state index contributed by atoms with van der Waals surface area (Å²) in [7, 11) is 6.22. The number of nitrogens with zero attached hydrogens (tertiary/aromatic N) is 2. The van der Waals surface area contributed by atoms with Gasteiger partial charge in [0.25, 0.3) is 0 Å². The third kappa shape index (κ3) is 5.99. The highest BCUT2D eigenvalue weighted by atomic mass is 127. The summed E-state index contributed by atoms with van der Waals surface area (Å²) in [6.45, 7) is 5.42. The molecule has 0 atom stereocenters. The Bertz CT molecular complexity index is 294. The van der Waals surface area contributed by atoms with Crippen LogP contribution in [0.1, 0.15) is 38.5 Å². The lowest BCUT2D eigenvalue weighted by Crippen LogP contribution is -2.54. The fraction of sp³-hybridized carbons (Fsp3) is 0.800. The smallest absolute Gasteiger partial charge is 0.191 e. The average molecular weight is 394 g/mol. The van der Waals surface area contributed by atoms with Gasteiger partial charge in [-0.05, 0) is 26.9 Å². The molecule has 0 spiro atoms. The first kappa shape index (κ1) is 19.7. The first-order chi connectivity index (χ1) is 9.14. The summed E-state index contributed by atoms with van der Waals surface area (Å²) in [5.74, 6) is 0.866. The molecule has 1 fully saturated rings. The number of nitrogens with one attached hydrogen (secondary N) is 2. The van der Waals surface area contributed by atoms with Crippen molar-refractivity contribution in [3.63, 3.8) is 0 Å². The molecule has 118 valence electrons. The molecule has 20 heavy (non-hydrogen) atoms. The lowest BCUT2D eigenvalue weighted by atomic mass is 9.89. The van der Waals surface area contributed by atoms with Gasteiger partial charge in [-0.25, -0.2) is 0 Å². The van der Waals surface area contributed by atoms with E-state index in [2.05, 4.69) is 41.2 Å². The van der Waals surface area contributed by atoms with Crippen molar-refractivity contribution < 1.29 is 0 Å². The second-order valence-electron chi connectivity index (χ2n) is 5.63. The predicted molar refractivity (Wildman–Crippen MR) is 99.1 cm³/mol. The van der Waals surface area contributed by atoms with Gasteiger partial charge in [-0.3, -0.25) is 4.99 Å². The van der Waals surface area contributed by atoms with Crippen LogP contribution in [0.4, 0.5) is 0 Å². The molecule has 0 radical (unpaired) electrons. The molecular formula is C15H31IN4. The maximum absolute atomic E-state index is 4.25. The summed E-state index contributed by atoms with van der Waals surface area (Å²) in [4.78, 5) is 6.65. The van der Waals surface area contributed by atoms with Crippen LogP contribution in [0.5, 0.6) is 0 Å². The summed E-state index contributed by atoms with van der Waals surface area (Å²) in [5, 5.41) is 6.71. The maximum atomic E-state index is 4.25. The zero-order valence-corrected chi connectivity index (χ0v) is 15.6. The van der Waals surface area contributed by atoms with Gasteiger partial charge in [-0.1, -0.05) is 31.8 Å². The van der Waals surface area contributed by atoms with E-state index >= 15 is 0 Å². The molecule has 0 heterocycles. The van der Waals surface area contributed by atoms with E-state index in [4.69, 9.17) is 0 Å². The average Bonchev–Trinajstić information content (AvgIpc) is 2.65. The van der Waals surface area contributed by atoms with Gasteiger partial charge in [0, 0.05) is 25.7 Å². The molecule has 0 aromatic heterocycles. The Morgan fingerprint density at radius 1 is 1.20 bits per heavy atom. The Labute approximate surface area is 141 Å². The second kappa shape index (κ2) is 10.4. The highest BCUT2D eigenvalue weighted by Crippen LogP contribution is 2.30. The predicted octanol–water partition coefficient (Wildman–Crippen LogP) is 2.61. The molecule has 0 unspecified atom stereocenters. The van der Waals surface area contributed by atoms with Crippen LogP contribution < -0.4 is 10.6 Å². The zero-order valence-electron chi connectivity index (χ0n) is 13.2. The first-order valence-electron chi connectivity index (χ1n) is 7.37. The van der Waals surface area contributed by atoms with Crippen molar-refractivity contribution in [2.24, 2.45) is 4.99 Å². The van der Waals surface area contributed by atoms with Crippen LogP contribution in [-0.4, -0.2) is 50.6 Å². The Hall–Kier alpha value is -0.300. The van der Waals surface area contributed by atoms with E-state index in [0.29, 0.717) is 0 Å². The summed E-state index contributed by atoms with van der Waals surface area (Å²) >= 11 is 0. The zero-order chi connectivity index (χ0) is 14.1. The number of hydrogen-bond acceptors (Lipinski definition) is 2. The van der Waals surface area contributed by atoms with Crippen LogP contribution in [0.2, 0.25) is 0 Å². The van der Waals surface area contributed by atoms with Crippen LogP contribution in [0, 0.1) is 0 Å². The van der Waals surface area contributed by atoms with Gasteiger partial charge < -0.3 is 15.5 Å². The van der Waals surface area contributed by atoms with Gasteiger partial charge in [0.1, 0.15) is 0 Å². The Morgan fingerprint density at radius 2 is 1.80 bits per heavy atom. The van der Waals surface area contributed by atoms with Crippen LogP contribution in [-0.2, 0) is 0 Å². The van der Waals surface area contributed by atoms with Gasteiger partial charge in [0.2, 0.25) is 0 Å². The SMILES string of the molecule is C=CCNC(=NC)NCC1(N(C)C)CCCCCC1.I. The minimum Gasteiger partial charge on any atom is -0.355 e. The Kier molecular flexibility index (Phi) is 10.3. The van der Waals surface area contributed by atoms with Crippen LogP contribution >= 0.6 is 24.0 Å². The number of aliphatic imine (C=N–C) groups is 1. The largest absolute Gasteiger partial charge is 0.355 e. The number of guanidine groups is 1. The number of hydrogen-bond donors (Lipinski definition) is 2. The highest BCUT2D eigenvalue weighted by molar-refractivity contribution is 14.0. The van der Waals surface area contributed by atoms with Crippen molar-refractivity contribution in [1.82, 2.24) is 15.5 Å². The molecule has 1 aliphatic rings. The molecular weight excluding hydrogens is 363 g/mol. The third-order valence-electron chi connectivity index (χ3n) is 4.21. The molecule has 1 aliphatic carbocycles. The van der Waals surface area contributed by atoms with Gasteiger partial charge in [-0.15, -0.1) is 30.6 Å². The molecule has 5 heteroatoms. The summed E-state index contributed by atoms with van der Waals surface area (Å²) in [6, 6.07) is 0. The Balaban J connectivity index is 0.00000361. The van der Waals surface area contributed by atoms with Crippen molar-refractivity contribution in [2.75, 3.05) is 34.2 Å². The topological polar surface area (TPSA) is 39.7 Å². The molecule has 2 N–H and O–H groups in total.